The molecule has 6 heteroatoms. The smallest absolute Gasteiger partial charge is 0.251 e. The molecule has 25 heavy (non-hydrogen) atoms. The first-order chi connectivity index (χ1) is 12.0. The Hall–Kier alpha value is -3.28. The predicted octanol–water partition coefficient (Wildman–Crippen LogP) is 2.20. The quantitative estimate of drug-likeness (QED) is 0.748. The zero-order chi connectivity index (χ0) is 17.8. The summed E-state index contributed by atoms with van der Waals surface area (Å²) in [5, 5.41) is 3.56. The van der Waals surface area contributed by atoms with Gasteiger partial charge in [0.2, 0.25) is 5.91 Å². The van der Waals surface area contributed by atoms with E-state index in [1.165, 1.54) is 24.3 Å². The van der Waals surface area contributed by atoms with E-state index in [2.05, 4.69) is 10.3 Å². The highest BCUT2D eigenvalue weighted by Gasteiger charge is 2.20. The molecule has 0 unspecified atom stereocenters. The number of para-hydroxylation sites is 1. The lowest BCUT2D eigenvalue weighted by Gasteiger charge is -2.15. The van der Waals surface area contributed by atoms with Gasteiger partial charge in [-0.25, -0.2) is 4.39 Å². The SMILES string of the molecule is NC(=O)[C@H](Cc1ccc2ccccc2n1)NC(=O)c1ccc(F)cc1. The largest absolute Gasteiger partial charge is 0.368 e. The van der Waals surface area contributed by atoms with E-state index in [0.717, 1.165) is 10.9 Å². The van der Waals surface area contributed by atoms with Crippen molar-refractivity contribution in [2.24, 2.45) is 5.73 Å². The van der Waals surface area contributed by atoms with Crippen LogP contribution in [0.1, 0.15) is 16.1 Å². The molecular weight excluding hydrogens is 321 g/mol. The highest BCUT2D eigenvalue weighted by Crippen LogP contribution is 2.13. The fourth-order valence-electron chi connectivity index (χ4n) is 2.50. The molecule has 5 nitrogen and oxygen atoms in total. The number of hydrogen-bond acceptors (Lipinski definition) is 3. The van der Waals surface area contributed by atoms with Crippen LogP contribution in [-0.4, -0.2) is 22.8 Å². The summed E-state index contributed by atoms with van der Waals surface area (Å²) in [7, 11) is 0. The van der Waals surface area contributed by atoms with Gasteiger partial charge in [-0.2, -0.15) is 0 Å². The summed E-state index contributed by atoms with van der Waals surface area (Å²) in [5.41, 5.74) is 7.10. The molecular formula is C19H16FN3O2. The average Bonchev–Trinajstić information content (AvgIpc) is 2.61. The number of rotatable bonds is 5. The zero-order valence-corrected chi connectivity index (χ0v) is 13.3. The molecule has 0 aliphatic heterocycles. The number of nitrogens with two attached hydrogens (primary N) is 1. The highest BCUT2D eigenvalue weighted by atomic mass is 19.1. The van der Waals surface area contributed by atoms with Crippen molar-refractivity contribution in [3.63, 3.8) is 0 Å². The third-order valence-electron chi connectivity index (χ3n) is 3.82. The van der Waals surface area contributed by atoms with Crippen LogP contribution in [0.4, 0.5) is 4.39 Å². The van der Waals surface area contributed by atoms with E-state index in [9.17, 15) is 14.0 Å². The second-order valence-corrected chi connectivity index (χ2v) is 5.63. The van der Waals surface area contributed by atoms with Gasteiger partial charge in [0.25, 0.3) is 5.91 Å². The van der Waals surface area contributed by atoms with E-state index in [1.54, 1.807) is 6.07 Å². The summed E-state index contributed by atoms with van der Waals surface area (Å²) >= 11 is 0. The number of primary amides is 1. The Balaban J connectivity index is 1.77. The topological polar surface area (TPSA) is 85.1 Å². The lowest BCUT2D eigenvalue weighted by molar-refractivity contribution is -0.119. The molecule has 2 amide bonds. The van der Waals surface area contributed by atoms with E-state index >= 15 is 0 Å². The number of hydrogen-bond donors (Lipinski definition) is 2. The number of amides is 2. The maximum Gasteiger partial charge on any atom is 0.251 e. The number of carbonyl (C=O) groups excluding carboxylic acids is 2. The molecule has 0 saturated heterocycles. The summed E-state index contributed by atoms with van der Waals surface area (Å²) in [6.07, 6.45) is 0.174. The van der Waals surface area contributed by atoms with Crippen LogP contribution in [0.15, 0.2) is 60.7 Å². The molecule has 0 fully saturated rings. The second-order valence-electron chi connectivity index (χ2n) is 5.63. The predicted molar refractivity (Wildman–Crippen MR) is 92.3 cm³/mol. The summed E-state index contributed by atoms with van der Waals surface area (Å²) in [6, 6.07) is 15.4. The number of carbonyl (C=O) groups is 2. The van der Waals surface area contributed by atoms with Gasteiger partial charge in [-0.05, 0) is 36.4 Å². The Kier molecular flexibility index (Phi) is 4.70. The molecule has 2 aromatic carbocycles. The van der Waals surface area contributed by atoms with Crippen molar-refractivity contribution >= 4 is 22.7 Å². The molecule has 0 bridgehead atoms. The minimum absolute atomic E-state index is 0.174. The monoisotopic (exact) mass is 337 g/mol. The first-order valence-corrected chi connectivity index (χ1v) is 7.73. The maximum atomic E-state index is 12.9. The van der Waals surface area contributed by atoms with E-state index in [-0.39, 0.29) is 12.0 Å². The minimum atomic E-state index is -0.911. The summed E-state index contributed by atoms with van der Waals surface area (Å²) in [4.78, 5) is 28.4. The van der Waals surface area contributed by atoms with E-state index in [4.69, 9.17) is 5.73 Å². The second kappa shape index (κ2) is 7.09. The van der Waals surface area contributed by atoms with E-state index in [1.807, 2.05) is 30.3 Å². The lowest BCUT2D eigenvalue weighted by atomic mass is 10.1. The number of benzene rings is 2. The van der Waals surface area contributed by atoms with Gasteiger partial charge in [0, 0.05) is 23.1 Å². The fraction of sp³-hybridized carbons (Fsp3) is 0.105. The first kappa shape index (κ1) is 16.6. The maximum absolute atomic E-state index is 12.9. The fourth-order valence-corrected chi connectivity index (χ4v) is 2.50. The molecule has 126 valence electrons. The van der Waals surface area contributed by atoms with Crippen LogP contribution >= 0.6 is 0 Å². The highest BCUT2D eigenvalue weighted by molar-refractivity contribution is 5.97. The van der Waals surface area contributed by atoms with Crippen molar-refractivity contribution in [1.29, 1.82) is 0 Å². The lowest BCUT2D eigenvalue weighted by Crippen LogP contribution is -2.46. The summed E-state index contributed by atoms with van der Waals surface area (Å²) in [5.74, 6) is -1.60. The molecule has 0 saturated carbocycles. The number of nitrogens with one attached hydrogen (secondary N) is 1. The molecule has 0 aliphatic rings. The van der Waals surface area contributed by atoms with Gasteiger partial charge < -0.3 is 11.1 Å². The molecule has 0 radical (unpaired) electrons. The number of pyridine rings is 1. The van der Waals surface area contributed by atoms with Gasteiger partial charge in [0.1, 0.15) is 11.9 Å². The van der Waals surface area contributed by atoms with Gasteiger partial charge in [-0.3, -0.25) is 14.6 Å². The Bertz CT molecular complexity index is 925. The number of fused-ring (bicyclic) bond motifs is 1. The van der Waals surface area contributed by atoms with Gasteiger partial charge in [-0.1, -0.05) is 24.3 Å². The number of nitrogens with zero attached hydrogens (tertiary/aromatic N) is 1. The average molecular weight is 337 g/mol. The Morgan fingerprint density at radius 3 is 2.48 bits per heavy atom. The van der Waals surface area contributed by atoms with Crippen LogP contribution < -0.4 is 11.1 Å². The molecule has 0 spiro atoms. The molecule has 1 atom stereocenters. The van der Waals surface area contributed by atoms with Gasteiger partial charge in [0.05, 0.1) is 5.52 Å². The number of halogens is 1. The van der Waals surface area contributed by atoms with Crippen LogP contribution in [0.2, 0.25) is 0 Å². The van der Waals surface area contributed by atoms with Crippen LogP contribution in [0.3, 0.4) is 0 Å². The Morgan fingerprint density at radius 2 is 1.76 bits per heavy atom. The van der Waals surface area contributed by atoms with Crippen LogP contribution in [0, 0.1) is 5.82 Å². The third-order valence-corrected chi connectivity index (χ3v) is 3.82. The summed E-state index contributed by atoms with van der Waals surface area (Å²) < 4.78 is 12.9. The van der Waals surface area contributed by atoms with Crippen molar-refractivity contribution in [3.8, 4) is 0 Å². The minimum Gasteiger partial charge on any atom is -0.368 e. The van der Waals surface area contributed by atoms with Crippen molar-refractivity contribution in [3.05, 3.63) is 77.7 Å². The van der Waals surface area contributed by atoms with Gasteiger partial charge in [-0.15, -0.1) is 0 Å². The molecule has 1 heterocycles. The van der Waals surface area contributed by atoms with E-state index < -0.39 is 23.7 Å². The molecule has 3 N–H and O–H groups in total. The van der Waals surface area contributed by atoms with Crippen LogP contribution in [0.25, 0.3) is 10.9 Å². The van der Waals surface area contributed by atoms with Crippen molar-refractivity contribution in [1.82, 2.24) is 10.3 Å². The Morgan fingerprint density at radius 1 is 1.04 bits per heavy atom. The molecule has 3 aromatic rings. The first-order valence-electron chi connectivity index (χ1n) is 7.73. The van der Waals surface area contributed by atoms with E-state index in [0.29, 0.717) is 5.69 Å². The molecule has 0 aliphatic carbocycles. The van der Waals surface area contributed by atoms with Gasteiger partial charge in [0.15, 0.2) is 0 Å². The van der Waals surface area contributed by atoms with Crippen molar-refractivity contribution < 1.29 is 14.0 Å². The standard InChI is InChI=1S/C19H16FN3O2/c20-14-8-5-13(6-9-14)19(25)23-17(18(21)24)11-15-10-7-12-3-1-2-4-16(12)22-15/h1-10,17H,11H2,(H2,21,24)(H,23,25)/t17-/m0/s1. The number of aromatic nitrogens is 1. The van der Waals surface area contributed by atoms with Gasteiger partial charge >= 0.3 is 0 Å². The molecule has 3 rings (SSSR count). The molecule has 1 aromatic heterocycles. The summed E-state index contributed by atoms with van der Waals surface area (Å²) in [6.45, 7) is 0. The van der Waals surface area contributed by atoms with Crippen molar-refractivity contribution in [2.75, 3.05) is 0 Å². The normalized spacial score (nSPS) is 11.9. The van der Waals surface area contributed by atoms with Crippen molar-refractivity contribution in [2.45, 2.75) is 12.5 Å². The van der Waals surface area contributed by atoms with Crippen LogP contribution in [0.5, 0.6) is 0 Å². The Labute approximate surface area is 143 Å². The third kappa shape index (κ3) is 3.98. The van der Waals surface area contributed by atoms with Crippen LogP contribution in [-0.2, 0) is 11.2 Å². The zero-order valence-electron chi connectivity index (χ0n) is 13.3.